The number of Topliss-reactive ketones (excluding diaryl/α,β-unsaturated/α-hetero) is 1. The van der Waals surface area contributed by atoms with Crippen molar-refractivity contribution >= 4 is 5.78 Å². The lowest BCUT2D eigenvalue weighted by Crippen LogP contribution is -2.19. The highest BCUT2D eigenvalue weighted by atomic mass is 16.1. The lowest BCUT2D eigenvalue weighted by Gasteiger charge is -2.14. The van der Waals surface area contributed by atoms with Gasteiger partial charge in [0.25, 0.3) is 0 Å². The zero-order valence-corrected chi connectivity index (χ0v) is 7.55. The molecule has 0 unspecified atom stereocenters. The summed E-state index contributed by atoms with van der Waals surface area (Å²) in [4.78, 5) is 11.6. The first-order valence-corrected chi connectivity index (χ1v) is 4.59. The number of fused-ring (bicyclic) bond motifs is 1. The highest BCUT2D eigenvalue weighted by molar-refractivity contribution is 5.88. The van der Waals surface area contributed by atoms with E-state index in [1.54, 1.807) is 0 Å². The van der Waals surface area contributed by atoms with E-state index in [-0.39, 0.29) is 0 Å². The van der Waals surface area contributed by atoms with Crippen LogP contribution >= 0.6 is 0 Å². The van der Waals surface area contributed by atoms with Gasteiger partial charge >= 0.3 is 0 Å². The average Bonchev–Trinajstić information content (AvgIpc) is 2.46. The van der Waals surface area contributed by atoms with Crippen LogP contribution in [0.4, 0.5) is 0 Å². The Morgan fingerprint density at radius 1 is 1.36 bits per heavy atom. The number of ketones is 1. The lowest BCUT2D eigenvalue weighted by molar-refractivity contribution is -0.125. The highest BCUT2D eigenvalue weighted by Gasteiger charge is 2.63. The summed E-state index contributed by atoms with van der Waals surface area (Å²) in [7, 11) is 0. The second kappa shape index (κ2) is 1.88. The molecule has 2 fully saturated rings. The van der Waals surface area contributed by atoms with Crippen LogP contribution in [0.15, 0.2) is 0 Å². The molecular formula is C10H16O. The fraction of sp³-hybridized carbons (Fsp3) is 0.900. The van der Waals surface area contributed by atoms with Gasteiger partial charge < -0.3 is 0 Å². The quantitative estimate of drug-likeness (QED) is 0.520. The number of hydrogen-bond acceptors (Lipinski definition) is 1. The molecule has 2 aliphatic rings. The zero-order chi connectivity index (χ0) is 8.22. The van der Waals surface area contributed by atoms with Crippen LogP contribution < -0.4 is 0 Å². The van der Waals surface area contributed by atoms with Gasteiger partial charge in [0, 0.05) is 11.8 Å². The van der Waals surface area contributed by atoms with E-state index in [0.717, 1.165) is 12.3 Å². The molecule has 0 aliphatic heterocycles. The first kappa shape index (κ1) is 7.33. The molecule has 62 valence electrons. The van der Waals surface area contributed by atoms with Crippen molar-refractivity contribution in [2.45, 2.75) is 33.6 Å². The van der Waals surface area contributed by atoms with Crippen molar-refractivity contribution in [1.29, 1.82) is 0 Å². The molecule has 0 spiro atoms. The molecule has 2 saturated carbocycles. The van der Waals surface area contributed by atoms with E-state index in [9.17, 15) is 4.79 Å². The van der Waals surface area contributed by atoms with Crippen molar-refractivity contribution in [2.24, 2.45) is 23.2 Å². The predicted molar refractivity (Wildman–Crippen MR) is 44.2 cm³/mol. The van der Waals surface area contributed by atoms with E-state index >= 15 is 0 Å². The van der Waals surface area contributed by atoms with E-state index in [2.05, 4.69) is 20.8 Å². The molecule has 0 saturated heterocycles. The van der Waals surface area contributed by atoms with Crippen LogP contribution in [0.3, 0.4) is 0 Å². The summed E-state index contributed by atoms with van der Waals surface area (Å²) in [5.41, 5.74) is 0.349. The van der Waals surface area contributed by atoms with Gasteiger partial charge in [0.1, 0.15) is 5.78 Å². The monoisotopic (exact) mass is 152 g/mol. The van der Waals surface area contributed by atoms with E-state index < -0.39 is 0 Å². The third-order valence-corrected chi connectivity index (χ3v) is 3.75. The van der Waals surface area contributed by atoms with Gasteiger partial charge in [-0.15, -0.1) is 0 Å². The van der Waals surface area contributed by atoms with Gasteiger partial charge in [0.05, 0.1) is 0 Å². The Hall–Kier alpha value is -0.330. The molecule has 0 aromatic heterocycles. The maximum absolute atomic E-state index is 11.6. The van der Waals surface area contributed by atoms with Crippen molar-refractivity contribution in [3.05, 3.63) is 0 Å². The SMILES string of the molecule is C[C@H]1CC[C@@H]2[C@H](C1=O)C2(C)C. The summed E-state index contributed by atoms with van der Waals surface area (Å²) >= 11 is 0. The number of hydrogen-bond donors (Lipinski definition) is 0. The standard InChI is InChI=1S/C10H16O/c1-6-4-5-7-8(9(6)11)10(7,2)3/h6-8H,4-5H2,1-3H3/t6-,7+,8+/m0/s1. The van der Waals surface area contributed by atoms with Crippen molar-refractivity contribution in [2.75, 3.05) is 0 Å². The Bertz CT molecular complexity index is 205. The Morgan fingerprint density at radius 3 is 2.55 bits per heavy atom. The Balaban J connectivity index is 2.19. The molecule has 0 bridgehead atoms. The minimum atomic E-state index is 0.345. The molecule has 0 radical (unpaired) electrons. The molecule has 0 aromatic carbocycles. The Morgan fingerprint density at radius 2 is 2.00 bits per heavy atom. The molecule has 0 amide bonds. The van der Waals surface area contributed by atoms with Crippen LogP contribution in [-0.4, -0.2) is 5.78 Å². The van der Waals surface area contributed by atoms with Crippen LogP contribution in [-0.2, 0) is 4.79 Å². The maximum atomic E-state index is 11.6. The third kappa shape index (κ3) is 0.800. The minimum absolute atomic E-state index is 0.345. The van der Waals surface area contributed by atoms with Crippen LogP contribution in [0.5, 0.6) is 0 Å². The van der Waals surface area contributed by atoms with Gasteiger partial charge in [-0.2, -0.15) is 0 Å². The van der Waals surface area contributed by atoms with Crippen LogP contribution in [0, 0.1) is 23.2 Å². The summed E-state index contributed by atoms with van der Waals surface area (Å²) in [5.74, 6) is 2.03. The minimum Gasteiger partial charge on any atom is -0.299 e. The van der Waals surface area contributed by atoms with Gasteiger partial charge in [0.2, 0.25) is 0 Å². The first-order valence-electron chi connectivity index (χ1n) is 4.59. The fourth-order valence-electron chi connectivity index (χ4n) is 2.73. The van der Waals surface area contributed by atoms with Crippen molar-refractivity contribution in [3.8, 4) is 0 Å². The van der Waals surface area contributed by atoms with Crippen LogP contribution in [0.1, 0.15) is 33.6 Å². The summed E-state index contributed by atoms with van der Waals surface area (Å²) < 4.78 is 0. The third-order valence-electron chi connectivity index (χ3n) is 3.75. The number of carbonyl (C=O) groups is 1. The Kier molecular flexibility index (Phi) is 1.25. The molecule has 1 nitrogen and oxygen atoms in total. The summed E-state index contributed by atoms with van der Waals surface area (Å²) in [6, 6.07) is 0. The van der Waals surface area contributed by atoms with E-state index in [0.29, 0.717) is 23.0 Å². The predicted octanol–water partition coefficient (Wildman–Crippen LogP) is 2.26. The molecule has 11 heavy (non-hydrogen) atoms. The average molecular weight is 152 g/mol. The molecule has 3 atom stereocenters. The maximum Gasteiger partial charge on any atom is 0.139 e. The normalized spacial score (nSPS) is 46.8. The lowest BCUT2D eigenvalue weighted by atomic mass is 9.90. The highest BCUT2D eigenvalue weighted by Crippen LogP contribution is 2.64. The van der Waals surface area contributed by atoms with Gasteiger partial charge in [0.15, 0.2) is 0 Å². The zero-order valence-electron chi connectivity index (χ0n) is 7.55. The summed E-state index contributed by atoms with van der Waals surface area (Å²) in [6.07, 6.45) is 2.41. The van der Waals surface area contributed by atoms with Crippen molar-refractivity contribution in [3.63, 3.8) is 0 Å². The van der Waals surface area contributed by atoms with Gasteiger partial charge in [-0.3, -0.25) is 4.79 Å². The van der Waals surface area contributed by atoms with E-state index in [4.69, 9.17) is 0 Å². The van der Waals surface area contributed by atoms with Gasteiger partial charge in [-0.05, 0) is 24.2 Å². The molecule has 2 rings (SSSR count). The largest absolute Gasteiger partial charge is 0.299 e. The number of carbonyl (C=O) groups excluding carboxylic acids is 1. The molecular weight excluding hydrogens is 136 g/mol. The molecule has 0 heterocycles. The fourth-order valence-corrected chi connectivity index (χ4v) is 2.73. The van der Waals surface area contributed by atoms with Gasteiger partial charge in [-0.25, -0.2) is 0 Å². The number of rotatable bonds is 0. The molecule has 1 heteroatoms. The van der Waals surface area contributed by atoms with Crippen LogP contribution in [0.2, 0.25) is 0 Å². The first-order chi connectivity index (χ1) is 5.05. The van der Waals surface area contributed by atoms with Crippen molar-refractivity contribution in [1.82, 2.24) is 0 Å². The second-order valence-corrected chi connectivity index (χ2v) is 4.79. The summed E-state index contributed by atoms with van der Waals surface area (Å²) in [6.45, 7) is 6.55. The molecule has 0 N–H and O–H groups in total. The Labute approximate surface area is 68.2 Å². The summed E-state index contributed by atoms with van der Waals surface area (Å²) in [5, 5.41) is 0. The van der Waals surface area contributed by atoms with Crippen LogP contribution in [0.25, 0.3) is 0 Å². The molecule has 2 aliphatic carbocycles. The van der Waals surface area contributed by atoms with E-state index in [1.165, 1.54) is 6.42 Å². The van der Waals surface area contributed by atoms with E-state index in [1.807, 2.05) is 0 Å². The van der Waals surface area contributed by atoms with Crippen molar-refractivity contribution < 1.29 is 4.79 Å². The molecule has 0 aromatic rings. The second-order valence-electron chi connectivity index (χ2n) is 4.79. The topological polar surface area (TPSA) is 17.1 Å². The van der Waals surface area contributed by atoms with Gasteiger partial charge in [-0.1, -0.05) is 20.8 Å². The smallest absolute Gasteiger partial charge is 0.139 e.